The van der Waals surface area contributed by atoms with Gasteiger partial charge in [-0.1, -0.05) is 13.8 Å². The zero-order chi connectivity index (χ0) is 18.6. The highest BCUT2D eigenvalue weighted by atomic mass is 16.3. The third-order valence-electron chi connectivity index (χ3n) is 2.12. The van der Waals surface area contributed by atoms with Crippen LogP contribution in [0.15, 0.2) is 18.2 Å². The normalized spacial score (nSPS) is 10.7. The molecule has 8 heteroatoms. The van der Waals surface area contributed by atoms with Crippen LogP contribution in [0.25, 0.3) is 0 Å². The van der Waals surface area contributed by atoms with Crippen LogP contribution in [0.5, 0.6) is 5.75 Å². The summed E-state index contributed by atoms with van der Waals surface area (Å²) in [5.74, 6) is -1.23. The maximum absolute atomic E-state index is 10.7. The molecule has 1 aromatic rings. The van der Waals surface area contributed by atoms with E-state index in [1.165, 1.54) is 13.0 Å². The molecule has 1 unspecified atom stereocenters. The highest BCUT2D eigenvalue weighted by molar-refractivity contribution is 5.99. The second kappa shape index (κ2) is 12.4. The largest absolute Gasteiger partial charge is 0.508 e. The van der Waals surface area contributed by atoms with E-state index in [0.29, 0.717) is 12.5 Å². The van der Waals surface area contributed by atoms with Crippen LogP contribution in [0.4, 0.5) is 0 Å². The van der Waals surface area contributed by atoms with Crippen LogP contribution in [0.2, 0.25) is 0 Å². The molecule has 0 saturated carbocycles. The quantitative estimate of drug-likeness (QED) is 0.438. The molecule has 1 aromatic carbocycles. The number of carbonyl (C=O) groups excluding carboxylic acids is 2. The van der Waals surface area contributed by atoms with Gasteiger partial charge in [-0.3, -0.25) is 9.59 Å². The van der Waals surface area contributed by atoms with Crippen molar-refractivity contribution in [2.75, 3.05) is 13.2 Å². The Labute approximate surface area is 135 Å². The smallest absolute Gasteiger partial charge is 0.248 e. The number of aromatic hydroxyl groups is 1. The lowest BCUT2D eigenvalue weighted by Crippen LogP contribution is -2.15. The number of carbonyl (C=O) groups is 2. The number of primary amides is 2. The summed E-state index contributed by atoms with van der Waals surface area (Å²) in [6.45, 7) is 5.64. The van der Waals surface area contributed by atoms with Crippen molar-refractivity contribution in [1.29, 1.82) is 0 Å². The Morgan fingerprint density at radius 1 is 0.957 bits per heavy atom. The zero-order valence-corrected chi connectivity index (χ0v) is 13.6. The van der Waals surface area contributed by atoms with E-state index in [9.17, 15) is 9.59 Å². The van der Waals surface area contributed by atoms with Crippen LogP contribution in [0, 0.1) is 5.92 Å². The van der Waals surface area contributed by atoms with Crippen molar-refractivity contribution in [2.45, 2.75) is 26.9 Å². The van der Waals surface area contributed by atoms with Crippen molar-refractivity contribution in [3.63, 3.8) is 0 Å². The van der Waals surface area contributed by atoms with Crippen LogP contribution in [0.1, 0.15) is 41.5 Å². The van der Waals surface area contributed by atoms with Crippen LogP contribution in [0.3, 0.4) is 0 Å². The van der Waals surface area contributed by atoms with Crippen molar-refractivity contribution in [1.82, 2.24) is 0 Å². The molecule has 132 valence electrons. The van der Waals surface area contributed by atoms with Crippen LogP contribution >= 0.6 is 0 Å². The van der Waals surface area contributed by atoms with E-state index in [-0.39, 0.29) is 23.5 Å². The standard InChI is InChI=1S/C8H8N2O3.C4H10O.C3H8O2/c9-7(12)4-1-5(8(10)13)3-6(11)2-4;1-4(2)3-5;1-3(5)2-4/h1-3,11H,(H2,9,12)(H2,10,13);4-5H,3H2,1-2H3;3-5H,2H2,1H3. The third kappa shape index (κ3) is 13.2. The Morgan fingerprint density at radius 3 is 1.43 bits per heavy atom. The van der Waals surface area contributed by atoms with E-state index in [0.717, 1.165) is 12.1 Å². The minimum Gasteiger partial charge on any atom is -0.508 e. The predicted molar refractivity (Wildman–Crippen MR) is 85.8 cm³/mol. The number of aliphatic hydroxyl groups is 3. The van der Waals surface area contributed by atoms with Crippen molar-refractivity contribution >= 4 is 11.8 Å². The molecule has 0 heterocycles. The topological polar surface area (TPSA) is 167 Å². The van der Waals surface area contributed by atoms with Crippen molar-refractivity contribution < 1.29 is 30.0 Å². The summed E-state index contributed by atoms with van der Waals surface area (Å²) in [6.07, 6.45) is -0.560. The van der Waals surface area contributed by atoms with E-state index in [1.54, 1.807) is 0 Å². The third-order valence-corrected chi connectivity index (χ3v) is 2.12. The Balaban J connectivity index is 0. The van der Waals surface area contributed by atoms with Gasteiger partial charge in [0.15, 0.2) is 0 Å². The fraction of sp³-hybridized carbons (Fsp3) is 0.467. The number of nitrogens with two attached hydrogens (primary N) is 2. The van der Waals surface area contributed by atoms with Crippen LogP contribution in [-0.2, 0) is 0 Å². The molecule has 0 radical (unpaired) electrons. The summed E-state index contributed by atoms with van der Waals surface area (Å²) in [5, 5.41) is 33.2. The lowest BCUT2D eigenvalue weighted by molar-refractivity contribution is 0.0999. The molecule has 1 atom stereocenters. The maximum atomic E-state index is 10.7. The molecule has 1 rings (SSSR count). The Hall–Kier alpha value is -2.16. The van der Waals surface area contributed by atoms with E-state index in [1.807, 2.05) is 13.8 Å². The van der Waals surface area contributed by atoms with E-state index < -0.39 is 17.9 Å². The lowest BCUT2D eigenvalue weighted by Gasteiger charge is -2.00. The Morgan fingerprint density at radius 2 is 1.26 bits per heavy atom. The summed E-state index contributed by atoms with van der Waals surface area (Å²) in [7, 11) is 0. The molecule has 0 aliphatic rings. The van der Waals surface area contributed by atoms with Crippen molar-refractivity contribution in [3.8, 4) is 5.75 Å². The molecule has 0 bridgehead atoms. The van der Waals surface area contributed by atoms with E-state index in [2.05, 4.69) is 0 Å². The van der Waals surface area contributed by atoms with Gasteiger partial charge in [0.25, 0.3) is 0 Å². The predicted octanol–water partition coefficient (Wildman–Crippen LogP) is -0.416. The first-order valence-corrected chi connectivity index (χ1v) is 6.88. The van der Waals surface area contributed by atoms with Gasteiger partial charge in [0.2, 0.25) is 11.8 Å². The SMILES string of the molecule is CC(C)CO.CC(O)CO.NC(=O)c1cc(O)cc(C(N)=O)c1. The van der Waals surface area contributed by atoms with Gasteiger partial charge in [-0.05, 0) is 31.0 Å². The summed E-state index contributed by atoms with van der Waals surface area (Å²) in [5.41, 5.74) is 10.00. The van der Waals surface area contributed by atoms with E-state index in [4.69, 9.17) is 31.9 Å². The molecule has 0 aliphatic heterocycles. The lowest BCUT2D eigenvalue weighted by atomic mass is 10.1. The average molecular weight is 330 g/mol. The van der Waals surface area contributed by atoms with Gasteiger partial charge in [-0.2, -0.15) is 0 Å². The molecule has 23 heavy (non-hydrogen) atoms. The van der Waals surface area contributed by atoms with Crippen molar-refractivity contribution in [3.05, 3.63) is 29.3 Å². The maximum Gasteiger partial charge on any atom is 0.248 e. The summed E-state index contributed by atoms with van der Waals surface area (Å²) >= 11 is 0. The number of benzene rings is 1. The minimum absolute atomic E-state index is 0.0498. The van der Waals surface area contributed by atoms with Gasteiger partial charge in [0.05, 0.1) is 12.7 Å². The number of rotatable bonds is 4. The number of amides is 2. The minimum atomic E-state index is -0.724. The zero-order valence-electron chi connectivity index (χ0n) is 13.6. The Bertz CT molecular complexity index is 449. The second-order valence-corrected chi connectivity index (χ2v) is 5.11. The van der Waals surface area contributed by atoms with Gasteiger partial charge < -0.3 is 31.9 Å². The fourth-order valence-corrected chi connectivity index (χ4v) is 0.896. The van der Waals surface area contributed by atoms with Gasteiger partial charge in [0.1, 0.15) is 5.75 Å². The van der Waals surface area contributed by atoms with E-state index >= 15 is 0 Å². The molecule has 8 N–H and O–H groups in total. The van der Waals surface area contributed by atoms with Gasteiger partial charge in [-0.25, -0.2) is 0 Å². The highest BCUT2D eigenvalue weighted by Gasteiger charge is 2.07. The molecule has 0 saturated heterocycles. The monoisotopic (exact) mass is 330 g/mol. The molecular formula is C15H26N2O6. The molecule has 0 aromatic heterocycles. The molecular weight excluding hydrogens is 304 g/mol. The van der Waals surface area contributed by atoms with Gasteiger partial charge in [0, 0.05) is 17.7 Å². The summed E-state index contributed by atoms with van der Waals surface area (Å²) < 4.78 is 0. The molecule has 8 nitrogen and oxygen atoms in total. The van der Waals surface area contributed by atoms with Crippen LogP contribution < -0.4 is 11.5 Å². The first-order valence-electron chi connectivity index (χ1n) is 6.88. The average Bonchev–Trinajstić information content (AvgIpc) is 2.47. The second-order valence-electron chi connectivity index (χ2n) is 5.11. The highest BCUT2D eigenvalue weighted by Crippen LogP contribution is 2.14. The summed E-state index contributed by atoms with van der Waals surface area (Å²) in [4.78, 5) is 21.4. The fourth-order valence-electron chi connectivity index (χ4n) is 0.896. The number of aliphatic hydroxyl groups excluding tert-OH is 3. The molecule has 0 spiro atoms. The molecule has 0 aliphatic carbocycles. The summed E-state index contributed by atoms with van der Waals surface area (Å²) in [6, 6.07) is 3.55. The first kappa shape index (κ1) is 23.1. The van der Waals surface area contributed by atoms with Crippen LogP contribution in [-0.4, -0.2) is 51.6 Å². The molecule has 0 fully saturated rings. The van der Waals surface area contributed by atoms with Crippen molar-refractivity contribution in [2.24, 2.45) is 17.4 Å². The first-order chi connectivity index (χ1) is 10.5. The number of hydrogen-bond acceptors (Lipinski definition) is 6. The number of phenols is 1. The van der Waals surface area contributed by atoms with Gasteiger partial charge in [-0.15, -0.1) is 0 Å². The van der Waals surface area contributed by atoms with Gasteiger partial charge >= 0.3 is 0 Å². The Kier molecular flexibility index (Phi) is 12.5. The molecule has 2 amide bonds. The number of phenolic OH excluding ortho intramolecular Hbond substituents is 1. The number of hydrogen-bond donors (Lipinski definition) is 6.